The van der Waals surface area contributed by atoms with Gasteiger partial charge in [0, 0.05) is 19.2 Å². The molecule has 1 fully saturated rings. The van der Waals surface area contributed by atoms with Crippen LogP contribution in [0.1, 0.15) is 45.4 Å². The Hall–Kier alpha value is -1.32. The molecule has 0 radical (unpaired) electrons. The van der Waals surface area contributed by atoms with Gasteiger partial charge >= 0.3 is 0 Å². The van der Waals surface area contributed by atoms with Gasteiger partial charge in [-0.05, 0) is 38.5 Å². The van der Waals surface area contributed by atoms with E-state index >= 15 is 0 Å². The van der Waals surface area contributed by atoms with Gasteiger partial charge in [0.2, 0.25) is 0 Å². The van der Waals surface area contributed by atoms with Crippen LogP contribution in [0.2, 0.25) is 0 Å². The average molecular weight is 248 g/mol. The molecule has 0 atom stereocenters. The summed E-state index contributed by atoms with van der Waals surface area (Å²) in [4.78, 5) is 8.80. The van der Waals surface area contributed by atoms with Crippen LogP contribution < -0.4 is 10.6 Å². The highest BCUT2D eigenvalue weighted by Crippen LogP contribution is 2.49. The van der Waals surface area contributed by atoms with Gasteiger partial charge in [0.25, 0.3) is 0 Å². The van der Waals surface area contributed by atoms with Crippen LogP contribution in [0.3, 0.4) is 0 Å². The van der Waals surface area contributed by atoms with Crippen LogP contribution in [0.25, 0.3) is 0 Å². The molecule has 0 amide bonds. The largest absolute Gasteiger partial charge is 0.370 e. The molecular weight excluding hydrogens is 224 g/mol. The fraction of sp³-hybridized carbons (Fsp3) is 0.714. The Morgan fingerprint density at radius 3 is 2.39 bits per heavy atom. The van der Waals surface area contributed by atoms with E-state index in [0.717, 1.165) is 30.5 Å². The number of rotatable bonds is 7. The first kappa shape index (κ1) is 13.1. The van der Waals surface area contributed by atoms with Gasteiger partial charge in [-0.2, -0.15) is 0 Å². The van der Waals surface area contributed by atoms with E-state index in [1.165, 1.54) is 25.7 Å². The second kappa shape index (κ2) is 5.55. The Bertz CT molecular complexity index is 399. The van der Waals surface area contributed by atoms with Gasteiger partial charge in [-0.3, -0.25) is 0 Å². The molecule has 0 aliphatic heterocycles. The zero-order valence-corrected chi connectivity index (χ0v) is 11.7. The zero-order valence-electron chi connectivity index (χ0n) is 11.7. The van der Waals surface area contributed by atoms with Gasteiger partial charge in [0.15, 0.2) is 0 Å². The van der Waals surface area contributed by atoms with E-state index in [2.05, 4.69) is 34.4 Å². The monoisotopic (exact) mass is 248 g/mol. The first-order valence-corrected chi connectivity index (χ1v) is 7.01. The second-order valence-corrected chi connectivity index (χ2v) is 5.32. The smallest absolute Gasteiger partial charge is 0.131 e. The lowest BCUT2D eigenvalue weighted by atomic mass is 10.0. The molecule has 2 rings (SSSR count). The molecular formula is C14H24N4. The van der Waals surface area contributed by atoms with Gasteiger partial charge in [-0.15, -0.1) is 0 Å². The Morgan fingerprint density at radius 1 is 1.17 bits per heavy atom. The molecule has 1 heterocycles. The number of nitrogens with zero attached hydrogens (tertiary/aromatic N) is 2. The van der Waals surface area contributed by atoms with E-state index in [4.69, 9.17) is 0 Å². The lowest BCUT2D eigenvalue weighted by molar-refractivity contribution is 0.485. The number of aromatic nitrogens is 2. The third-order valence-corrected chi connectivity index (χ3v) is 3.58. The van der Waals surface area contributed by atoms with Gasteiger partial charge in [-0.1, -0.05) is 13.3 Å². The van der Waals surface area contributed by atoms with Crippen LogP contribution >= 0.6 is 0 Å². The van der Waals surface area contributed by atoms with E-state index in [-0.39, 0.29) is 0 Å². The van der Waals surface area contributed by atoms with Gasteiger partial charge in [0.05, 0.1) is 0 Å². The molecule has 0 saturated heterocycles. The number of nitrogens with one attached hydrogen (secondary N) is 2. The molecule has 1 aliphatic rings. The third kappa shape index (κ3) is 3.34. The highest BCUT2D eigenvalue weighted by Gasteiger charge is 2.41. The predicted molar refractivity (Wildman–Crippen MR) is 76.0 cm³/mol. The van der Waals surface area contributed by atoms with E-state index in [1.807, 2.05) is 13.0 Å². The van der Waals surface area contributed by atoms with Crippen LogP contribution in [-0.4, -0.2) is 23.1 Å². The topological polar surface area (TPSA) is 49.8 Å². The summed E-state index contributed by atoms with van der Waals surface area (Å²) in [6, 6.07) is 2.00. The second-order valence-electron chi connectivity index (χ2n) is 5.32. The molecule has 100 valence electrons. The van der Waals surface area contributed by atoms with Crippen LogP contribution in [-0.2, 0) is 0 Å². The fourth-order valence-corrected chi connectivity index (χ4v) is 2.43. The highest BCUT2D eigenvalue weighted by molar-refractivity contribution is 5.47. The molecule has 0 aromatic carbocycles. The summed E-state index contributed by atoms with van der Waals surface area (Å²) < 4.78 is 0. The first-order chi connectivity index (χ1) is 8.67. The molecule has 4 nitrogen and oxygen atoms in total. The SMILES string of the molecule is CCCC1(CNc2cc(NCC)nc(C)n2)CC1. The van der Waals surface area contributed by atoms with Crippen LogP contribution in [0.15, 0.2) is 6.07 Å². The predicted octanol–water partition coefficient (Wildman–Crippen LogP) is 3.21. The maximum absolute atomic E-state index is 4.44. The van der Waals surface area contributed by atoms with E-state index < -0.39 is 0 Å². The van der Waals surface area contributed by atoms with Crippen molar-refractivity contribution in [1.82, 2.24) is 9.97 Å². The van der Waals surface area contributed by atoms with Gasteiger partial charge < -0.3 is 10.6 Å². The molecule has 2 N–H and O–H groups in total. The molecule has 0 unspecified atom stereocenters. The van der Waals surface area contributed by atoms with Crippen LogP contribution in [0.5, 0.6) is 0 Å². The minimum atomic E-state index is 0.548. The van der Waals surface area contributed by atoms with Crippen molar-refractivity contribution in [1.29, 1.82) is 0 Å². The molecule has 1 aromatic rings. The number of hydrogen-bond acceptors (Lipinski definition) is 4. The van der Waals surface area contributed by atoms with Crippen molar-refractivity contribution >= 4 is 11.6 Å². The summed E-state index contributed by atoms with van der Waals surface area (Å²) in [5.74, 6) is 2.67. The summed E-state index contributed by atoms with van der Waals surface area (Å²) in [6.07, 6.45) is 5.31. The minimum absolute atomic E-state index is 0.548. The van der Waals surface area contributed by atoms with Gasteiger partial charge in [0.1, 0.15) is 17.5 Å². The number of hydrogen-bond donors (Lipinski definition) is 2. The molecule has 1 aliphatic carbocycles. The number of aryl methyl sites for hydroxylation is 1. The third-order valence-electron chi connectivity index (χ3n) is 3.58. The maximum Gasteiger partial charge on any atom is 0.131 e. The van der Waals surface area contributed by atoms with Crippen molar-refractivity contribution in [2.45, 2.75) is 46.5 Å². The summed E-state index contributed by atoms with van der Waals surface area (Å²) in [7, 11) is 0. The van der Waals surface area contributed by atoms with Crippen LogP contribution in [0, 0.1) is 12.3 Å². The lowest BCUT2D eigenvalue weighted by Crippen LogP contribution is -2.16. The van der Waals surface area contributed by atoms with E-state index in [9.17, 15) is 0 Å². The molecule has 0 spiro atoms. The fourth-order valence-electron chi connectivity index (χ4n) is 2.43. The van der Waals surface area contributed by atoms with E-state index in [0.29, 0.717) is 5.41 Å². The summed E-state index contributed by atoms with van der Waals surface area (Å²) in [6.45, 7) is 8.20. The van der Waals surface area contributed by atoms with E-state index in [1.54, 1.807) is 0 Å². The molecule has 0 bridgehead atoms. The average Bonchev–Trinajstić information content (AvgIpc) is 3.07. The molecule has 1 aromatic heterocycles. The Morgan fingerprint density at radius 2 is 1.83 bits per heavy atom. The van der Waals surface area contributed by atoms with Crippen molar-refractivity contribution in [3.8, 4) is 0 Å². The Kier molecular flexibility index (Phi) is 4.04. The lowest BCUT2D eigenvalue weighted by Gasteiger charge is -2.16. The van der Waals surface area contributed by atoms with Crippen molar-refractivity contribution < 1.29 is 0 Å². The normalized spacial score (nSPS) is 16.4. The molecule has 4 heteroatoms. The molecule has 1 saturated carbocycles. The summed E-state index contributed by atoms with van der Waals surface area (Å²) >= 11 is 0. The Balaban J connectivity index is 1.96. The van der Waals surface area contributed by atoms with Crippen LogP contribution in [0.4, 0.5) is 11.6 Å². The standard InChI is InChI=1S/C14H24N4/c1-4-6-14(7-8-14)10-16-13-9-12(15-5-2)17-11(3)18-13/h9H,4-8,10H2,1-3H3,(H2,15,16,17,18). The Labute approximate surface area is 110 Å². The maximum atomic E-state index is 4.44. The first-order valence-electron chi connectivity index (χ1n) is 7.01. The highest BCUT2D eigenvalue weighted by atomic mass is 15.1. The number of anilines is 2. The van der Waals surface area contributed by atoms with Crippen molar-refractivity contribution in [2.24, 2.45) is 5.41 Å². The molecule has 18 heavy (non-hydrogen) atoms. The summed E-state index contributed by atoms with van der Waals surface area (Å²) in [5.41, 5.74) is 0.548. The van der Waals surface area contributed by atoms with Crippen molar-refractivity contribution in [3.63, 3.8) is 0 Å². The quantitative estimate of drug-likeness (QED) is 0.778. The van der Waals surface area contributed by atoms with Crippen molar-refractivity contribution in [3.05, 3.63) is 11.9 Å². The minimum Gasteiger partial charge on any atom is -0.370 e. The summed E-state index contributed by atoms with van der Waals surface area (Å²) in [5, 5.41) is 6.72. The van der Waals surface area contributed by atoms with Crippen molar-refractivity contribution in [2.75, 3.05) is 23.7 Å². The van der Waals surface area contributed by atoms with Gasteiger partial charge in [-0.25, -0.2) is 9.97 Å². The zero-order chi connectivity index (χ0) is 13.0.